The van der Waals surface area contributed by atoms with Gasteiger partial charge in [-0.2, -0.15) is 0 Å². The van der Waals surface area contributed by atoms with Crippen LogP contribution in [-0.2, 0) is 14.3 Å². The van der Waals surface area contributed by atoms with Crippen molar-refractivity contribution in [3.8, 4) is 0 Å². The molecule has 1 saturated carbocycles. The average Bonchev–Trinajstić information content (AvgIpc) is 2.33. The first kappa shape index (κ1) is 11.5. The van der Waals surface area contributed by atoms with Crippen LogP contribution in [0.1, 0.15) is 25.7 Å². The fourth-order valence-corrected chi connectivity index (χ4v) is 2.23. The second-order valence-corrected chi connectivity index (χ2v) is 4.34. The first-order valence-corrected chi connectivity index (χ1v) is 5.74. The van der Waals surface area contributed by atoms with Crippen molar-refractivity contribution in [2.75, 3.05) is 26.3 Å². The highest BCUT2D eigenvalue weighted by molar-refractivity contribution is 6.09. The van der Waals surface area contributed by atoms with E-state index in [0.717, 1.165) is 0 Å². The Morgan fingerprint density at radius 1 is 1.31 bits per heavy atom. The van der Waals surface area contributed by atoms with E-state index in [0.29, 0.717) is 39.1 Å². The monoisotopic (exact) mass is 229 g/mol. The van der Waals surface area contributed by atoms with Crippen molar-refractivity contribution in [3.05, 3.63) is 0 Å². The Hall–Kier alpha value is -0.970. The molecule has 16 heavy (non-hydrogen) atoms. The van der Waals surface area contributed by atoms with Crippen molar-refractivity contribution < 1.29 is 18.7 Å². The smallest absolute Gasteiger partial charge is 0.268 e. The number of nitrogens with zero attached hydrogens (tertiary/aromatic N) is 1. The minimum Gasteiger partial charge on any atom is -0.378 e. The van der Waals surface area contributed by atoms with E-state index < -0.39 is 17.4 Å². The molecule has 2 rings (SSSR count). The van der Waals surface area contributed by atoms with Crippen molar-refractivity contribution in [2.24, 2.45) is 0 Å². The summed E-state index contributed by atoms with van der Waals surface area (Å²) in [6, 6.07) is 0. The highest BCUT2D eigenvalue weighted by Crippen LogP contribution is 2.30. The largest absolute Gasteiger partial charge is 0.378 e. The summed E-state index contributed by atoms with van der Waals surface area (Å²) >= 11 is 0. The molecule has 0 aromatic carbocycles. The van der Waals surface area contributed by atoms with Crippen molar-refractivity contribution in [1.29, 1.82) is 0 Å². The van der Waals surface area contributed by atoms with E-state index in [1.165, 1.54) is 4.90 Å². The minimum atomic E-state index is -2.25. The number of morpholine rings is 1. The van der Waals surface area contributed by atoms with E-state index in [1.54, 1.807) is 0 Å². The highest BCUT2D eigenvalue weighted by atomic mass is 19.1. The van der Waals surface area contributed by atoms with Crippen LogP contribution in [0.2, 0.25) is 0 Å². The summed E-state index contributed by atoms with van der Waals surface area (Å²) in [7, 11) is 0. The third-order valence-corrected chi connectivity index (χ3v) is 3.25. The molecule has 0 aromatic heterocycles. The van der Waals surface area contributed by atoms with Crippen LogP contribution in [-0.4, -0.2) is 48.6 Å². The summed E-state index contributed by atoms with van der Waals surface area (Å²) in [6.07, 6.45) is 1.54. The third-order valence-electron chi connectivity index (χ3n) is 3.25. The zero-order valence-corrected chi connectivity index (χ0v) is 9.21. The average molecular weight is 229 g/mol. The zero-order chi connectivity index (χ0) is 11.6. The highest BCUT2D eigenvalue weighted by Gasteiger charge is 2.49. The number of carbonyl (C=O) groups is 2. The van der Waals surface area contributed by atoms with Crippen LogP contribution in [0.3, 0.4) is 0 Å². The van der Waals surface area contributed by atoms with Crippen molar-refractivity contribution in [1.82, 2.24) is 4.90 Å². The molecule has 1 aliphatic carbocycles. The maximum absolute atomic E-state index is 14.4. The molecule has 1 unspecified atom stereocenters. The molecule has 5 heteroatoms. The van der Waals surface area contributed by atoms with Crippen molar-refractivity contribution in [3.63, 3.8) is 0 Å². The van der Waals surface area contributed by atoms with Crippen LogP contribution in [0.5, 0.6) is 0 Å². The maximum atomic E-state index is 14.4. The number of rotatable bonds is 1. The molecular weight excluding hydrogens is 213 g/mol. The molecule has 1 aliphatic heterocycles. The van der Waals surface area contributed by atoms with E-state index in [9.17, 15) is 14.0 Å². The van der Waals surface area contributed by atoms with Gasteiger partial charge in [0.1, 0.15) is 0 Å². The molecule has 0 radical (unpaired) electrons. The van der Waals surface area contributed by atoms with Gasteiger partial charge in [0.25, 0.3) is 5.91 Å². The molecule has 0 aromatic rings. The number of hydrogen-bond donors (Lipinski definition) is 0. The Bertz CT molecular complexity index is 302. The Kier molecular flexibility index (Phi) is 3.23. The molecule has 2 fully saturated rings. The molecule has 0 bridgehead atoms. The summed E-state index contributed by atoms with van der Waals surface area (Å²) in [5.74, 6) is -1.20. The Morgan fingerprint density at radius 3 is 2.62 bits per heavy atom. The second-order valence-electron chi connectivity index (χ2n) is 4.34. The van der Waals surface area contributed by atoms with E-state index in [2.05, 4.69) is 0 Å². The number of halogens is 1. The second kappa shape index (κ2) is 4.49. The normalized spacial score (nSPS) is 31.6. The predicted molar refractivity (Wildman–Crippen MR) is 54.7 cm³/mol. The van der Waals surface area contributed by atoms with Gasteiger partial charge in [-0.1, -0.05) is 0 Å². The Morgan fingerprint density at radius 2 is 2.00 bits per heavy atom. The molecule has 1 amide bonds. The van der Waals surface area contributed by atoms with E-state index in [1.807, 2.05) is 0 Å². The number of carbonyl (C=O) groups excluding carboxylic acids is 2. The van der Waals surface area contributed by atoms with Gasteiger partial charge in [0.15, 0.2) is 5.78 Å². The van der Waals surface area contributed by atoms with Crippen LogP contribution in [0.25, 0.3) is 0 Å². The number of amides is 1. The molecule has 0 spiro atoms. The summed E-state index contributed by atoms with van der Waals surface area (Å²) in [5, 5.41) is 0. The summed E-state index contributed by atoms with van der Waals surface area (Å²) in [6.45, 7) is 1.63. The molecule has 1 heterocycles. The van der Waals surface area contributed by atoms with Gasteiger partial charge in [0.05, 0.1) is 13.2 Å². The molecule has 4 nitrogen and oxygen atoms in total. The van der Waals surface area contributed by atoms with Gasteiger partial charge in [0.2, 0.25) is 5.67 Å². The summed E-state index contributed by atoms with van der Waals surface area (Å²) < 4.78 is 19.5. The van der Waals surface area contributed by atoms with E-state index >= 15 is 0 Å². The number of alkyl halides is 1. The number of ether oxygens (including phenoxy) is 1. The fraction of sp³-hybridized carbons (Fsp3) is 0.818. The van der Waals surface area contributed by atoms with Gasteiger partial charge in [0, 0.05) is 19.5 Å². The van der Waals surface area contributed by atoms with Gasteiger partial charge >= 0.3 is 0 Å². The van der Waals surface area contributed by atoms with Crippen LogP contribution in [0.4, 0.5) is 4.39 Å². The van der Waals surface area contributed by atoms with Gasteiger partial charge in [-0.3, -0.25) is 9.59 Å². The maximum Gasteiger partial charge on any atom is 0.268 e. The quantitative estimate of drug-likeness (QED) is 0.622. The molecule has 0 N–H and O–H groups in total. The van der Waals surface area contributed by atoms with E-state index in [-0.39, 0.29) is 12.8 Å². The summed E-state index contributed by atoms with van der Waals surface area (Å²) in [5.41, 5.74) is -2.25. The number of hydrogen-bond acceptors (Lipinski definition) is 3. The fourth-order valence-electron chi connectivity index (χ4n) is 2.23. The SMILES string of the molecule is O=C1CCCCC1(F)C(=O)N1CCOCC1. The Balaban J connectivity index is 2.09. The molecule has 1 atom stereocenters. The lowest BCUT2D eigenvalue weighted by atomic mass is 9.84. The van der Waals surface area contributed by atoms with E-state index in [4.69, 9.17) is 4.74 Å². The van der Waals surface area contributed by atoms with Crippen molar-refractivity contribution in [2.45, 2.75) is 31.4 Å². The molecule has 1 saturated heterocycles. The molecule has 90 valence electrons. The van der Waals surface area contributed by atoms with Gasteiger partial charge in [-0.05, 0) is 19.3 Å². The molecule has 2 aliphatic rings. The summed E-state index contributed by atoms with van der Waals surface area (Å²) in [4.78, 5) is 24.9. The van der Waals surface area contributed by atoms with Gasteiger partial charge in [-0.15, -0.1) is 0 Å². The van der Waals surface area contributed by atoms with Crippen LogP contribution >= 0.6 is 0 Å². The first-order valence-electron chi connectivity index (χ1n) is 5.74. The van der Waals surface area contributed by atoms with Crippen LogP contribution in [0, 0.1) is 0 Å². The lowest BCUT2D eigenvalue weighted by molar-refractivity contribution is -0.157. The van der Waals surface area contributed by atoms with Crippen molar-refractivity contribution >= 4 is 11.7 Å². The lowest BCUT2D eigenvalue weighted by Crippen LogP contribution is -2.55. The standard InChI is InChI=1S/C11H16FNO3/c12-11(4-2-1-3-9(11)14)10(15)13-5-7-16-8-6-13/h1-8H2. The third kappa shape index (κ3) is 1.96. The topological polar surface area (TPSA) is 46.6 Å². The Labute approximate surface area is 93.7 Å². The van der Waals surface area contributed by atoms with Gasteiger partial charge in [-0.25, -0.2) is 4.39 Å². The van der Waals surface area contributed by atoms with Crippen LogP contribution in [0.15, 0.2) is 0 Å². The first-order chi connectivity index (χ1) is 7.64. The minimum absolute atomic E-state index is 0.0437. The number of ketones is 1. The number of Topliss-reactive ketones (excluding diaryl/α,β-unsaturated/α-hetero) is 1. The van der Waals surface area contributed by atoms with Crippen LogP contribution < -0.4 is 0 Å². The molecular formula is C11H16FNO3. The zero-order valence-electron chi connectivity index (χ0n) is 9.21. The lowest BCUT2D eigenvalue weighted by Gasteiger charge is -2.34. The van der Waals surface area contributed by atoms with Gasteiger partial charge < -0.3 is 9.64 Å². The predicted octanol–water partition coefficient (Wildman–Crippen LogP) is 0.697.